The van der Waals surface area contributed by atoms with Gasteiger partial charge in [0.25, 0.3) is 0 Å². The fraction of sp³-hybridized carbons (Fsp3) is 0.417. The summed E-state index contributed by atoms with van der Waals surface area (Å²) in [4.78, 5) is 11.5. The molecule has 0 radical (unpaired) electrons. The summed E-state index contributed by atoms with van der Waals surface area (Å²) >= 11 is 0. The van der Waals surface area contributed by atoms with Crippen molar-refractivity contribution in [2.75, 3.05) is 5.73 Å². The van der Waals surface area contributed by atoms with Crippen molar-refractivity contribution < 1.29 is 18.0 Å². The van der Waals surface area contributed by atoms with E-state index in [4.69, 9.17) is 5.73 Å². The minimum absolute atomic E-state index is 0.0211. The van der Waals surface area contributed by atoms with Crippen LogP contribution in [0, 0.1) is 0 Å². The van der Waals surface area contributed by atoms with E-state index in [-0.39, 0.29) is 6.42 Å². The van der Waals surface area contributed by atoms with Gasteiger partial charge in [-0.3, -0.25) is 4.79 Å². The number of hydrogen-bond acceptors (Lipinski definition) is 2. The van der Waals surface area contributed by atoms with Gasteiger partial charge in [-0.25, -0.2) is 0 Å². The maximum atomic E-state index is 12.1. The molecule has 1 aromatic rings. The molecular weight excluding hydrogens is 245 g/mol. The van der Waals surface area contributed by atoms with Crippen molar-refractivity contribution in [3.05, 3.63) is 29.8 Å². The summed E-state index contributed by atoms with van der Waals surface area (Å²) in [5.41, 5.74) is 6.73. The molecule has 18 heavy (non-hydrogen) atoms. The van der Waals surface area contributed by atoms with Crippen LogP contribution in [-0.4, -0.2) is 18.1 Å². The third kappa shape index (κ3) is 5.56. The Kier molecular flexibility index (Phi) is 4.58. The molecule has 1 aromatic carbocycles. The van der Waals surface area contributed by atoms with Gasteiger partial charge in [0, 0.05) is 11.7 Å². The number of carbonyl (C=O) groups is 1. The summed E-state index contributed by atoms with van der Waals surface area (Å²) < 4.78 is 36.2. The normalized spacial score (nSPS) is 13.1. The largest absolute Gasteiger partial charge is 0.399 e. The number of anilines is 1. The lowest BCUT2D eigenvalue weighted by Gasteiger charge is -2.15. The lowest BCUT2D eigenvalue weighted by Crippen LogP contribution is -2.36. The summed E-state index contributed by atoms with van der Waals surface area (Å²) in [7, 11) is 0. The Labute approximate surface area is 103 Å². The average molecular weight is 260 g/mol. The van der Waals surface area contributed by atoms with Crippen LogP contribution in [0.3, 0.4) is 0 Å². The number of alkyl halides is 3. The van der Waals surface area contributed by atoms with Gasteiger partial charge in [0.1, 0.15) is 0 Å². The average Bonchev–Trinajstić information content (AvgIpc) is 2.13. The first-order chi connectivity index (χ1) is 8.26. The number of rotatable bonds is 4. The molecule has 0 aliphatic rings. The Morgan fingerprint density at radius 2 is 2.11 bits per heavy atom. The van der Waals surface area contributed by atoms with Crippen LogP contribution in [0.15, 0.2) is 24.3 Å². The van der Waals surface area contributed by atoms with E-state index in [0.717, 1.165) is 0 Å². The van der Waals surface area contributed by atoms with E-state index in [2.05, 4.69) is 5.32 Å². The van der Waals surface area contributed by atoms with E-state index in [1.165, 1.54) is 6.92 Å². The molecule has 3 nitrogen and oxygen atoms in total. The Balaban J connectivity index is 2.47. The lowest BCUT2D eigenvalue weighted by atomic mass is 10.1. The molecule has 1 rings (SSSR count). The molecule has 0 heterocycles. The van der Waals surface area contributed by atoms with Gasteiger partial charge in [-0.2, -0.15) is 13.2 Å². The minimum atomic E-state index is -4.27. The zero-order valence-corrected chi connectivity index (χ0v) is 9.92. The maximum absolute atomic E-state index is 12.1. The van der Waals surface area contributed by atoms with Crippen molar-refractivity contribution in [2.24, 2.45) is 0 Å². The van der Waals surface area contributed by atoms with Crippen LogP contribution >= 0.6 is 0 Å². The number of carbonyl (C=O) groups excluding carboxylic acids is 1. The van der Waals surface area contributed by atoms with Crippen LogP contribution in [-0.2, 0) is 11.2 Å². The summed E-state index contributed by atoms with van der Waals surface area (Å²) in [6, 6.07) is 5.75. The second-order valence-corrected chi connectivity index (χ2v) is 4.21. The predicted octanol–water partition coefficient (Wildman–Crippen LogP) is 2.27. The quantitative estimate of drug-likeness (QED) is 0.816. The molecule has 1 amide bonds. The molecule has 0 saturated heterocycles. The van der Waals surface area contributed by atoms with E-state index >= 15 is 0 Å². The number of nitrogens with one attached hydrogen (secondary N) is 1. The summed E-state index contributed by atoms with van der Waals surface area (Å²) in [6.45, 7) is 1.32. The number of benzene rings is 1. The van der Waals surface area contributed by atoms with Gasteiger partial charge in [-0.15, -0.1) is 0 Å². The van der Waals surface area contributed by atoms with Gasteiger partial charge in [-0.1, -0.05) is 12.1 Å². The Bertz CT molecular complexity index is 418. The van der Waals surface area contributed by atoms with Crippen LogP contribution in [0.2, 0.25) is 0 Å². The molecule has 0 bridgehead atoms. The third-order valence-corrected chi connectivity index (χ3v) is 2.26. The number of halogens is 3. The highest BCUT2D eigenvalue weighted by Gasteiger charge is 2.30. The van der Waals surface area contributed by atoms with Crippen LogP contribution in [0.25, 0.3) is 0 Å². The van der Waals surface area contributed by atoms with Gasteiger partial charge in [0.05, 0.1) is 12.8 Å². The molecule has 0 aliphatic heterocycles. The Morgan fingerprint density at radius 3 is 2.67 bits per heavy atom. The molecule has 0 aromatic heterocycles. The number of amides is 1. The molecule has 1 unspecified atom stereocenters. The van der Waals surface area contributed by atoms with Gasteiger partial charge in [0.2, 0.25) is 5.91 Å². The zero-order valence-electron chi connectivity index (χ0n) is 9.92. The number of nitrogen functional groups attached to an aromatic ring is 1. The molecule has 6 heteroatoms. The van der Waals surface area contributed by atoms with Gasteiger partial charge >= 0.3 is 6.18 Å². The van der Waals surface area contributed by atoms with E-state index in [1.54, 1.807) is 24.3 Å². The van der Waals surface area contributed by atoms with Crippen LogP contribution in [0.5, 0.6) is 0 Å². The van der Waals surface area contributed by atoms with E-state index in [9.17, 15) is 18.0 Å². The molecule has 0 saturated carbocycles. The zero-order chi connectivity index (χ0) is 13.8. The van der Waals surface area contributed by atoms with Crippen molar-refractivity contribution in [1.82, 2.24) is 5.32 Å². The second kappa shape index (κ2) is 5.75. The first-order valence-electron chi connectivity index (χ1n) is 5.47. The van der Waals surface area contributed by atoms with Crippen molar-refractivity contribution in [3.8, 4) is 0 Å². The summed E-state index contributed by atoms with van der Waals surface area (Å²) in [5.74, 6) is -0.447. The molecule has 0 aliphatic carbocycles. The topological polar surface area (TPSA) is 55.1 Å². The SMILES string of the molecule is CC(CC(F)(F)F)NC(=O)Cc1cccc(N)c1. The van der Waals surface area contributed by atoms with Crippen LogP contribution in [0.1, 0.15) is 18.9 Å². The lowest BCUT2D eigenvalue weighted by molar-refractivity contribution is -0.141. The van der Waals surface area contributed by atoms with Crippen molar-refractivity contribution >= 4 is 11.6 Å². The molecule has 1 atom stereocenters. The standard InChI is InChI=1S/C12H15F3N2O/c1-8(7-12(13,14)15)17-11(18)6-9-3-2-4-10(16)5-9/h2-5,8H,6-7,16H2,1H3,(H,17,18). The summed E-state index contributed by atoms with van der Waals surface area (Å²) in [6.07, 6.45) is -5.28. The molecule has 0 spiro atoms. The highest BCUT2D eigenvalue weighted by Crippen LogP contribution is 2.21. The van der Waals surface area contributed by atoms with Crippen LogP contribution < -0.4 is 11.1 Å². The van der Waals surface area contributed by atoms with Gasteiger partial charge in [-0.05, 0) is 24.6 Å². The highest BCUT2D eigenvalue weighted by molar-refractivity contribution is 5.79. The van der Waals surface area contributed by atoms with Crippen molar-refractivity contribution in [2.45, 2.75) is 32.0 Å². The van der Waals surface area contributed by atoms with E-state index in [0.29, 0.717) is 11.3 Å². The first kappa shape index (κ1) is 14.3. The number of nitrogens with two attached hydrogens (primary N) is 1. The van der Waals surface area contributed by atoms with Crippen LogP contribution in [0.4, 0.5) is 18.9 Å². The monoisotopic (exact) mass is 260 g/mol. The summed E-state index contributed by atoms with van der Waals surface area (Å²) in [5, 5.41) is 2.30. The smallest absolute Gasteiger partial charge is 0.391 e. The molecule has 0 fully saturated rings. The fourth-order valence-electron chi connectivity index (χ4n) is 1.61. The van der Waals surface area contributed by atoms with Crippen molar-refractivity contribution in [1.29, 1.82) is 0 Å². The van der Waals surface area contributed by atoms with Gasteiger partial charge < -0.3 is 11.1 Å². The Hall–Kier alpha value is -1.72. The highest BCUT2D eigenvalue weighted by atomic mass is 19.4. The first-order valence-corrected chi connectivity index (χ1v) is 5.47. The fourth-order valence-corrected chi connectivity index (χ4v) is 1.61. The molecule has 3 N–H and O–H groups in total. The van der Waals surface area contributed by atoms with E-state index < -0.39 is 24.5 Å². The second-order valence-electron chi connectivity index (χ2n) is 4.21. The molecular formula is C12H15F3N2O. The predicted molar refractivity (Wildman–Crippen MR) is 62.8 cm³/mol. The van der Waals surface area contributed by atoms with Crippen molar-refractivity contribution in [3.63, 3.8) is 0 Å². The van der Waals surface area contributed by atoms with E-state index in [1.807, 2.05) is 0 Å². The number of hydrogen-bond donors (Lipinski definition) is 2. The van der Waals surface area contributed by atoms with Gasteiger partial charge in [0.15, 0.2) is 0 Å². The molecule has 100 valence electrons. The Morgan fingerprint density at radius 1 is 1.44 bits per heavy atom. The minimum Gasteiger partial charge on any atom is -0.399 e. The maximum Gasteiger partial charge on any atom is 0.391 e. The third-order valence-electron chi connectivity index (χ3n) is 2.26.